The Balaban J connectivity index is 2.16. The van der Waals surface area contributed by atoms with Crippen LogP contribution in [0.25, 0.3) is 0 Å². The van der Waals surface area contributed by atoms with Crippen molar-refractivity contribution < 1.29 is 9.90 Å². The topological polar surface area (TPSA) is 49.3 Å². The molecule has 3 nitrogen and oxygen atoms in total. The van der Waals surface area contributed by atoms with Gasteiger partial charge in [0.15, 0.2) is 0 Å². The third-order valence-electron chi connectivity index (χ3n) is 3.35. The number of aliphatic hydroxyl groups is 1. The molecule has 21 heavy (non-hydrogen) atoms. The first-order chi connectivity index (χ1) is 10.2. The zero-order valence-corrected chi connectivity index (χ0v) is 13.3. The predicted octanol–water partition coefficient (Wildman–Crippen LogP) is 4.01. The lowest BCUT2D eigenvalue weighted by molar-refractivity contribution is 0.103. The number of amides is 1. The second-order valence-electron chi connectivity index (χ2n) is 4.98. The molecule has 2 aromatic rings. The van der Waals surface area contributed by atoms with Crippen molar-refractivity contribution in [2.75, 3.05) is 5.32 Å². The van der Waals surface area contributed by atoms with Gasteiger partial charge in [0, 0.05) is 10.6 Å². The van der Waals surface area contributed by atoms with E-state index in [2.05, 4.69) is 19.2 Å². The van der Waals surface area contributed by atoms with Crippen LogP contribution in [0.15, 0.2) is 30.3 Å². The van der Waals surface area contributed by atoms with E-state index < -0.39 is 0 Å². The molecule has 0 fully saturated rings. The Hall–Kier alpha value is -1.65. The molecule has 1 amide bonds. The Labute approximate surface area is 129 Å². The first kappa shape index (κ1) is 15.7. The lowest BCUT2D eigenvalue weighted by Crippen LogP contribution is -2.10. The van der Waals surface area contributed by atoms with Gasteiger partial charge in [0.05, 0.1) is 11.5 Å². The molecule has 0 saturated carbocycles. The summed E-state index contributed by atoms with van der Waals surface area (Å²) in [5, 5.41) is 12.0. The van der Waals surface area contributed by atoms with Crippen LogP contribution >= 0.6 is 11.3 Å². The van der Waals surface area contributed by atoms with Crippen molar-refractivity contribution in [3.8, 4) is 0 Å². The van der Waals surface area contributed by atoms with Crippen LogP contribution in [-0.4, -0.2) is 11.0 Å². The largest absolute Gasteiger partial charge is 0.392 e. The normalized spacial score (nSPS) is 10.6. The summed E-state index contributed by atoms with van der Waals surface area (Å²) in [6, 6.07) is 9.28. The van der Waals surface area contributed by atoms with Gasteiger partial charge in [0.25, 0.3) is 5.91 Å². The number of nitrogens with one attached hydrogen (secondary N) is 1. The second kappa shape index (κ2) is 7.38. The van der Waals surface area contributed by atoms with Crippen LogP contribution in [0.2, 0.25) is 0 Å². The Bertz CT molecular complexity index is 619. The summed E-state index contributed by atoms with van der Waals surface area (Å²) < 4.78 is 0. The fourth-order valence-electron chi connectivity index (χ4n) is 2.26. The monoisotopic (exact) mass is 303 g/mol. The summed E-state index contributed by atoms with van der Waals surface area (Å²) in [6.07, 6.45) is 3.08. The second-order valence-corrected chi connectivity index (χ2v) is 6.11. The van der Waals surface area contributed by atoms with Crippen molar-refractivity contribution in [1.29, 1.82) is 0 Å². The lowest BCUT2D eigenvalue weighted by Gasteiger charge is -2.05. The highest BCUT2D eigenvalue weighted by Crippen LogP contribution is 2.25. The Morgan fingerprint density at radius 1 is 1.29 bits per heavy atom. The van der Waals surface area contributed by atoms with E-state index in [1.165, 1.54) is 10.4 Å². The van der Waals surface area contributed by atoms with E-state index in [-0.39, 0.29) is 12.5 Å². The minimum Gasteiger partial charge on any atom is -0.392 e. The first-order valence-corrected chi connectivity index (χ1v) is 8.12. The van der Waals surface area contributed by atoms with Crippen LogP contribution in [0.3, 0.4) is 0 Å². The maximum atomic E-state index is 12.3. The molecule has 0 saturated heterocycles. The first-order valence-electron chi connectivity index (χ1n) is 7.30. The Kier molecular flexibility index (Phi) is 5.53. The number of carbonyl (C=O) groups is 1. The fraction of sp³-hybridized carbons (Fsp3) is 0.353. The van der Waals surface area contributed by atoms with Gasteiger partial charge in [-0.3, -0.25) is 4.79 Å². The number of aryl methyl sites for hydroxylation is 2. The highest BCUT2D eigenvalue weighted by molar-refractivity contribution is 7.14. The van der Waals surface area contributed by atoms with E-state index in [0.717, 1.165) is 35.4 Å². The Morgan fingerprint density at radius 2 is 2.10 bits per heavy atom. The SMILES string of the molecule is CCCc1sc(C(=O)Nc2cccc(CO)c2)cc1CC. The Morgan fingerprint density at radius 3 is 2.76 bits per heavy atom. The number of aliphatic hydroxyl groups excluding tert-OH is 1. The molecule has 4 heteroatoms. The van der Waals surface area contributed by atoms with E-state index in [1.54, 1.807) is 17.4 Å². The van der Waals surface area contributed by atoms with Crippen molar-refractivity contribution in [3.05, 3.63) is 51.2 Å². The molecule has 112 valence electrons. The molecule has 1 heterocycles. The van der Waals surface area contributed by atoms with Gasteiger partial charge >= 0.3 is 0 Å². The summed E-state index contributed by atoms with van der Waals surface area (Å²) in [5.74, 6) is -0.0767. The van der Waals surface area contributed by atoms with Crippen molar-refractivity contribution in [1.82, 2.24) is 0 Å². The molecule has 0 bridgehead atoms. The number of hydrogen-bond acceptors (Lipinski definition) is 3. The molecule has 1 aromatic heterocycles. The predicted molar refractivity (Wildman–Crippen MR) is 88.0 cm³/mol. The van der Waals surface area contributed by atoms with Crippen LogP contribution in [-0.2, 0) is 19.4 Å². The van der Waals surface area contributed by atoms with Crippen LogP contribution in [0.4, 0.5) is 5.69 Å². The minimum atomic E-state index is -0.0767. The molecule has 0 unspecified atom stereocenters. The standard InChI is InChI=1S/C17H21NO2S/c1-3-6-15-13(4-2)10-16(21-15)17(20)18-14-8-5-7-12(9-14)11-19/h5,7-10,19H,3-4,6,11H2,1-2H3,(H,18,20). The minimum absolute atomic E-state index is 0.0245. The van der Waals surface area contributed by atoms with E-state index in [1.807, 2.05) is 24.3 Å². The van der Waals surface area contributed by atoms with Crippen molar-refractivity contribution >= 4 is 22.9 Å². The third-order valence-corrected chi connectivity index (χ3v) is 4.58. The van der Waals surface area contributed by atoms with Gasteiger partial charge < -0.3 is 10.4 Å². The smallest absolute Gasteiger partial charge is 0.265 e. The van der Waals surface area contributed by atoms with Gasteiger partial charge in [-0.25, -0.2) is 0 Å². The van der Waals surface area contributed by atoms with Gasteiger partial charge in [-0.05, 0) is 42.2 Å². The van der Waals surface area contributed by atoms with Crippen LogP contribution in [0.1, 0.15) is 45.9 Å². The number of benzene rings is 1. The summed E-state index contributed by atoms with van der Waals surface area (Å²) in [7, 11) is 0. The zero-order valence-electron chi connectivity index (χ0n) is 12.5. The highest BCUT2D eigenvalue weighted by Gasteiger charge is 2.13. The maximum absolute atomic E-state index is 12.3. The number of rotatable bonds is 6. The molecule has 2 rings (SSSR count). The van der Waals surface area contributed by atoms with Gasteiger partial charge in [-0.2, -0.15) is 0 Å². The molecular weight excluding hydrogens is 282 g/mol. The van der Waals surface area contributed by atoms with Crippen molar-refractivity contribution in [3.63, 3.8) is 0 Å². The van der Waals surface area contributed by atoms with Gasteiger partial charge in [0.2, 0.25) is 0 Å². The zero-order chi connectivity index (χ0) is 15.2. The molecule has 1 aromatic carbocycles. The molecule has 0 aliphatic carbocycles. The van der Waals surface area contributed by atoms with Crippen LogP contribution in [0, 0.1) is 0 Å². The van der Waals surface area contributed by atoms with E-state index in [9.17, 15) is 4.79 Å². The average molecular weight is 303 g/mol. The van der Waals surface area contributed by atoms with Crippen molar-refractivity contribution in [2.24, 2.45) is 0 Å². The highest BCUT2D eigenvalue weighted by atomic mass is 32.1. The molecular formula is C17H21NO2S. The molecule has 2 N–H and O–H groups in total. The van der Waals surface area contributed by atoms with E-state index in [4.69, 9.17) is 5.11 Å². The van der Waals surface area contributed by atoms with E-state index >= 15 is 0 Å². The molecule has 0 spiro atoms. The summed E-state index contributed by atoms with van der Waals surface area (Å²) in [4.78, 5) is 14.4. The van der Waals surface area contributed by atoms with E-state index in [0.29, 0.717) is 0 Å². The molecule has 0 atom stereocenters. The maximum Gasteiger partial charge on any atom is 0.265 e. The quantitative estimate of drug-likeness (QED) is 0.847. The lowest BCUT2D eigenvalue weighted by atomic mass is 10.1. The van der Waals surface area contributed by atoms with Gasteiger partial charge in [0.1, 0.15) is 0 Å². The van der Waals surface area contributed by atoms with Gasteiger partial charge in [-0.15, -0.1) is 11.3 Å². The van der Waals surface area contributed by atoms with Gasteiger partial charge in [-0.1, -0.05) is 32.4 Å². The number of carbonyl (C=O) groups excluding carboxylic acids is 1. The number of anilines is 1. The average Bonchev–Trinajstić information content (AvgIpc) is 2.91. The molecule has 0 aliphatic heterocycles. The summed E-state index contributed by atoms with van der Waals surface area (Å²) in [5.41, 5.74) is 2.78. The number of thiophene rings is 1. The summed E-state index contributed by atoms with van der Waals surface area (Å²) >= 11 is 1.58. The van der Waals surface area contributed by atoms with Crippen LogP contribution < -0.4 is 5.32 Å². The fourth-order valence-corrected chi connectivity index (χ4v) is 3.51. The third kappa shape index (κ3) is 3.93. The van der Waals surface area contributed by atoms with Crippen LogP contribution in [0.5, 0.6) is 0 Å². The van der Waals surface area contributed by atoms with Crippen molar-refractivity contribution in [2.45, 2.75) is 39.7 Å². The molecule has 0 radical (unpaired) electrons. The molecule has 0 aliphatic rings. The number of hydrogen-bond donors (Lipinski definition) is 2. The summed E-state index contributed by atoms with van der Waals surface area (Å²) in [6.45, 7) is 4.25.